The van der Waals surface area contributed by atoms with E-state index in [1.54, 1.807) is 0 Å². The molecule has 1 unspecified atom stereocenters. The van der Waals surface area contributed by atoms with Crippen molar-refractivity contribution in [1.29, 1.82) is 0 Å². The van der Waals surface area contributed by atoms with Crippen LogP contribution in [0.5, 0.6) is 0 Å². The van der Waals surface area contributed by atoms with Crippen molar-refractivity contribution in [2.24, 2.45) is 5.92 Å². The number of nitrogens with zero attached hydrogens (tertiary/aromatic N) is 2. The number of amides is 1. The first-order chi connectivity index (χ1) is 14.9. The number of carbonyl (C=O) groups excluding carboxylic acids is 1. The highest BCUT2D eigenvalue weighted by molar-refractivity contribution is 7.11. The summed E-state index contributed by atoms with van der Waals surface area (Å²) in [7, 11) is 0. The van der Waals surface area contributed by atoms with Gasteiger partial charge in [0.25, 0.3) is 0 Å². The van der Waals surface area contributed by atoms with Crippen molar-refractivity contribution in [1.82, 2.24) is 15.2 Å². The number of hydrogen-bond donors (Lipinski definition) is 1. The number of carbonyl (C=O) groups is 1. The number of halogens is 3. The molecule has 0 spiro atoms. The summed E-state index contributed by atoms with van der Waals surface area (Å²) in [6.45, 7) is 3.90. The van der Waals surface area contributed by atoms with Gasteiger partial charge in [0.05, 0.1) is 12.1 Å². The Balaban J connectivity index is 1.15. The molecule has 0 radical (unpaired) electrons. The molecule has 9 heteroatoms. The molecule has 31 heavy (non-hydrogen) atoms. The van der Waals surface area contributed by atoms with Crippen LogP contribution < -0.4 is 5.32 Å². The number of alkyl halides is 3. The van der Waals surface area contributed by atoms with Crippen molar-refractivity contribution >= 4 is 17.2 Å². The van der Waals surface area contributed by atoms with E-state index in [-0.39, 0.29) is 12.1 Å². The molecule has 0 bridgehead atoms. The Kier molecular flexibility index (Phi) is 7.54. The molecule has 1 aromatic rings. The Morgan fingerprint density at radius 1 is 1.23 bits per heavy atom. The average molecular weight is 460 g/mol. The number of ether oxygens (including phenoxy) is 1. The third kappa shape index (κ3) is 6.65. The quantitative estimate of drug-likeness (QED) is 0.639. The van der Waals surface area contributed by atoms with Crippen LogP contribution in [0, 0.1) is 5.92 Å². The summed E-state index contributed by atoms with van der Waals surface area (Å²) < 4.78 is 42.5. The first-order valence-electron chi connectivity index (χ1n) is 11.5. The van der Waals surface area contributed by atoms with Gasteiger partial charge in [-0.3, -0.25) is 9.69 Å². The lowest BCUT2D eigenvalue weighted by Gasteiger charge is -2.32. The summed E-state index contributed by atoms with van der Waals surface area (Å²) in [4.78, 5) is 20.5. The van der Waals surface area contributed by atoms with Gasteiger partial charge in [-0.15, -0.1) is 11.3 Å². The smallest absolute Gasteiger partial charge is 0.371 e. The van der Waals surface area contributed by atoms with Crippen LogP contribution in [0.3, 0.4) is 0 Å². The number of thiazole rings is 1. The monoisotopic (exact) mass is 459 g/mol. The van der Waals surface area contributed by atoms with Gasteiger partial charge in [-0.25, -0.2) is 4.98 Å². The molecule has 5 nitrogen and oxygen atoms in total. The van der Waals surface area contributed by atoms with E-state index in [0.29, 0.717) is 5.92 Å². The van der Waals surface area contributed by atoms with E-state index in [1.165, 1.54) is 10.6 Å². The van der Waals surface area contributed by atoms with E-state index in [1.807, 2.05) is 11.3 Å². The minimum absolute atomic E-state index is 0.0285. The highest BCUT2D eigenvalue weighted by Gasteiger charge is 2.30. The largest absolute Gasteiger partial charge is 0.389 e. The molecular formula is C22H32F3N3O2S. The van der Waals surface area contributed by atoms with E-state index < -0.39 is 24.9 Å². The highest BCUT2D eigenvalue weighted by atomic mass is 32.1. The van der Waals surface area contributed by atoms with Gasteiger partial charge in [0.15, 0.2) is 0 Å². The maximum Gasteiger partial charge on any atom is 0.389 e. The molecule has 3 aliphatic rings. The van der Waals surface area contributed by atoms with Crippen LogP contribution in [0.2, 0.25) is 0 Å². The minimum Gasteiger partial charge on any atom is -0.371 e. The molecule has 2 aliphatic heterocycles. The topological polar surface area (TPSA) is 54.5 Å². The summed E-state index contributed by atoms with van der Waals surface area (Å²) >= 11 is 1.83. The van der Waals surface area contributed by atoms with Crippen LogP contribution in [-0.2, 0) is 22.5 Å². The summed E-state index contributed by atoms with van der Waals surface area (Å²) in [5.41, 5.74) is 1.23. The lowest BCUT2D eigenvalue weighted by atomic mass is 9.84. The fraction of sp³-hybridized carbons (Fsp3) is 0.818. The zero-order valence-corrected chi connectivity index (χ0v) is 18.7. The number of fused-ring (bicyclic) bond motifs is 1. The van der Waals surface area contributed by atoms with Gasteiger partial charge in [-0.2, -0.15) is 13.2 Å². The van der Waals surface area contributed by atoms with Crippen molar-refractivity contribution in [3.8, 4) is 0 Å². The van der Waals surface area contributed by atoms with Crippen molar-refractivity contribution < 1.29 is 22.7 Å². The predicted molar refractivity (Wildman–Crippen MR) is 113 cm³/mol. The second-order valence-electron chi connectivity index (χ2n) is 9.14. The highest BCUT2D eigenvalue weighted by Crippen LogP contribution is 2.35. The van der Waals surface area contributed by atoms with Gasteiger partial charge < -0.3 is 10.1 Å². The summed E-state index contributed by atoms with van der Waals surface area (Å²) in [5, 5.41) is 3.94. The summed E-state index contributed by atoms with van der Waals surface area (Å²) in [6, 6.07) is 0.0285. The van der Waals surface area contributed by atoms with Crippen LogP contribution >= 0.6 is 11.3 Å². The molecule has 174 valence electrons. The first-order valence-corrected chi connectivity index (χ1v) is 12.4. The molecule has 1 saturated carbocycles. The van der Waals surface area contributed by atoms with Gasteiger partial charge in [0.2, 0.25) is 5.91 Å². The van der Waals surface area contributed by atoms with E-state index in [2.05, 4.69) is 10.2 Å². The number of nitrogens with one attached hydrogen (secondary N) is 1. The SMILES string of the molecule is O=C(CCC(F)(F)F)NC1CCC(CCN2CCc3sc(C4CCCO4)nc3C2)CC1. The Labute approximate surface area is 185 Å². The van der Waals surface area contributed by atoms with Crippen LogP contribution in [0.4, 0.5) is 13.2 Å². The van der Waals surface area contributed by atoms with Crippen molar-refractivity contribution in [2.45, 2.75) is 89.1 Å². The Morgan fingerprint density at radius 3 is 2.74 bits per heavy atom. The Morgan fingerprint density at radius 2 is 2.03 bits per heavy atom. The lowest BCUT2D eigenvalue weighted by molar-refractivity contribution is -0.144. The van der Waals surface area contributed by atoms with E-state index in [4.69, 9.17) is 9.72 Å². The molecular weight excluding hydrogens is 427 g/mol. The fourth-order valence-corrected chi connectivity index (χ4v) is 6.04. The summed E-state index contributed by atoms with van der Waals surface area (Å²) in [5.74, 6) is 0.151. The van der Waals surface area contributed by atoms with Crippen LogP contribution in [0.25, 0.3) is 0 Å². The third-order valence-corrected chi connectivity index (χ3v) is 7.98. The van der Waals surface area contributed by atoms with Gasteiger partial charge in [0.1, 0.15) is 11.1 Å². The first kappa shape index (κ1) is 23.0. The Hall–Kier alpha value is -1.19. The molecule has 4 rings (SSSR count). The molecule has 1 aliphatic carbocycles. The molecule has 1 amide bonds. The second kappa shape index (κ2) is 10.2. The van der Waals surface area contributed by atoms with Gasteiger partial charge in [-0.1, -0.05) is 0 Å². The van der Waals surface area contributed by atoms with E-state index in [0.717, 1.165) is 82.6 Å². The van der Waals surface area contributed by atoms with Crippen LogP contribution in [0.1, 0.15) is 79.5 Å². The van der Waals surface area contributed by atoms with Crippen molar-refractivity contribution in [3.63, 3.8) is 0 Å². The molecule has 2 fully saturated rings. The number of rotatable bonds is 7. The van der Waals surface area contributed by atoms with Crippen molar-refractivity contribution in [2.75, 3.05) is 19.7 Å². The predicted octanol–water partition coefficient (Wildman–Crippen LogP) is 4.76. The Bertz CT molecular complexity index is 741. The van der Waals surface area contributed by atoms with E-state index in [9.17, 15) is 18.0 Å². The molecule has 3 heterocycles. The standard InChI is InChI=1S/C22H32F3N3O2S/c23-22(24,25)10-7-20(29)26-16-5-3-15(4-6-16)8-11-28-12-9-19-17(14-28)27-21(31-19)18-2-1-13-30-18/h15-16,18H,1-14H2,(H,26,29). The molecule has 0 aromatic carbocycles. The number of hydrogen-bond acceptors (Lipinski definition) is 5. The van der Waals surface area contributed by atoms with Crippen molar-refractivity contribution in [3.05, 3.63) is 15.6 Å². The lowest BCUT2D eigenvalue weighted by Crippen LogP contribution is -2.38. The zero-order valence-electron chi connectivity index (χ0n) is 17.9. The maximum atomic E-state index is 12.2. The maximum absolute atomic E-state index is 12.2. The average Bonchev–Trinajstić information content (AvgIpc) is 3.40. The molecule has 1 saturated heterocycles. The molecule has 1 atom stereocenters. The zero-order chi connectivity index (χ0) is 21.8. The van der Waals surface area contributed by atoms with E-state index >= 15 is 0 Å². The summed E-state index contributed by atoms with van der Waals surface area (Å²) in [6.07, 6.45) is 2.62. The third-order valence-electron chi connectivity index (χ3n) is 6.73. The van der Waals surface area contributed by atoms with Gasteiger partial charge >= 0.3 is 6.18 Å². The molecule has 1 N–H and O–H groups in total. The van der Waals surface area contributed by atoms with Gasteiger partial charge in [-0.05, 0) is 63.8 Å². The molecule has 1 aromatic heterocycles. The minimum atomic E-state index is -4.27. The fourth-order valence-electron chi connectivity index (χ4n) is 4.89. The second-order valence-corrected chi connectivity index (χ2v) is 10.3. The normalized spacial score (nSPS) is 27.3. The van der Waals surface area contributed by atoms with Gasteiger partial charge in [0, 0.05) is 37.0 Å². The van der Waals surface area contributed by atoms with Crippen LogP contribution in [-0.4, -0.2) is 47.7 Å². The van der Waals surface area contributed by atoms with Crippen LogP contribution in [0.15, 0.2) is 0 Å². The number of aromatic nitrogens is 1.